The standard InChI is InChI=1S/C14H17BN4O/c15-11-7-17-14(18-8-11)19-12-3-1-10(2-4-12)13-9-16-5-6-20-13/h1-4,7-8,13,16H,5-6,9,15H2,(H,17,18,19)/t13-/m0/s1. The summed E-state index contributed by atoms with van der Waals surface area (Å²) in [5.41, 5.74) is 3.21. The number of rotatable bonds is 3. The van der Waals surface area contributed by atoms with Crippen LogP contribution in [-0.2, 0) is 4.74 Å². The van der Waals surface area contributed by atoms with Crippen molar-refractivity contribution >= 4 is 24.9 Å². The van der Waals surface area contributed by atoms with E-state index in [0.717, 1.165) is 30.8 Å². The molecule has 1 atom stereocenters. The first kappa shape index (κ1) is 13.1. The Morgan fingerprint density at radius 2 is 1.95 bits per heavy atom. The molecule has 0 bridgehead atoms. The van der Waals surface area contributed by atoms with E-state index < -0.39 is 0 Å². The summed E-state index contributed by atoms with van der Waals surface area (Å²) >= 11 is 0. The van der Waals surface area contributed by atoms with Crippen LogP contribution in [0.1, 0.15) is 11.7 Å². The number of nitrogens with zero attached hydrogens (tertiary/aromatic N) is 2. The highest BCUT2D eigenvalue weighted by Gasteiger charge is 2.15. The highest BCUT2D eigenvalue weighted by molar-refractivity contribution is 6.31. The second kappa shape index (κ2) is 6.03. The SMILES string of the molecule is Bc1cnc(Nc2ccc([C@@H]3CNCCO3)cc2)nc1. The summed E-state index contributed by atoms with van der Waals surface area (Å²) in [5.74, 6) is 0.610. The first-order valence-electron chi connectivity index (χ1n) is 6.79. The molecule has 20 heavy (non-hydrogen) atoms. The molecule has 2 aromatic rings. The zero-order chi connectivity index (χ0) is 13.8. The quantitative estimate of drug-likeness (QED) is 0.775. The van der Waals surface area contributed by atoms with Crippen LogP contribution in [0.3, 0.4) is 0 Å². The first-order valence-corrected chi connectivity index (χ1v) is 6.79. The number of nitrogens with one attached hydrogen (secondary N) is 2. The highest BCUT2D eigenvalue weighted by atomic mass is 16.5. The van der Waals surface area contributed by atoms with Crippen LogP contribution in [0.5, 0.6) is 0 Å². The van der Waals surface area contributed by atoms with Gasteiger partial charge in [0.25, 0.3) is 0 Å². The summed E-state index contributed by atoms with van der Waals surface area (Å²) in [6.07, 6.45) is 3.74. The Morgan fingerprint density at radius 3 is 2.60 bits per heavy atom. The monoisotopic (exact) mass is 268 g/mol. The van der Waals surface area contributed by atoms with Crippen LogP contribution in [0.2, 0.25) is 0 Å². The van der Waals surface area contributed by atoms with Crippen molar-refractivity contribution < 1.29 is 4.74 Å². The van der Waals surface area contributed by atoms with Gasteiger partial charge in [0.2, 0.25) is 5.95 Å². The van der Waals surface area contributed by atoms with E-state index in [-0.39, 0.29) is 6.10 Å². The number of morpholine rings is 1. The maximum atomic E-state index is 5.73. The lowest BCUT2D eigenvalue weighted by molar-refractivity contribution is 0.0277. The lowest BCUT2D eigenvalue weighted by atomic mass is 10.0. The van der Waals surface area contributed by atoms with E-state index in [0.29, 0.717) is 5.95 Å². The Labute approximate surface area is 119 Å². The molecule has 1 aliphatic rings. The van der Waals surface area contributed by atoms with Crippen molar-refractivity contribution in [3.05, 3.63) is 42.2 Å². The molecule has 0 aliphatic carbocycles. The van der Waals surface area contributed by atoms with Gasteiger partial charge in [-0.1, -0.05) is 17.6 Å². The largest absolute Gasteiger partial charge is 0.371 e. The van der Waals surface area contributed by atoms with Crippen LogP contribution in [0, 0.1) is 0 Å². The Hall–Kier alpha value is -1.92. The molecule has 3 rings (SSSR count). The maximum absolute atomic E-state index is 5.73. The Morgan fingerprint density at radius 1 is 1.20 bits per heavy atom. The lowest BCUT2D eigenvalue weighted by Gasteiger charge is -2.24. The third-order valence-corrected chi connectivity index (χ3v) is 3.25. The number of hydrogen-bond donors (Lipinski definition) is 2. The average molecular weight is 268 g/mol. The zero-order valence-corrected chi connectivity index (χ0v) is 11.5. The van der Waals surface area contributed by atoms with Gasteiger partial charge in [0.05, 0.1) is 12.7 Å². The van der Waals surface area contributed by atoms with E-state index in [1.807, 2.05) is 20.0 Å². The molecule has 0 unspecified atom stereocenters. The van der Waals surface area contributed by atoms with E-state index in [9.17, 15) is 0 Å². The average Bonchev–Trinajstić information content (AvgIpc) is 2.51. The smallest absolute Gasteiger partial charge is 0.227 e. The van der Waals surface area contributed by atoms with Gasteiger partial charge in [0, 0.05) is 31.2 Å². The van der Waals surface area contributed by atoms with E-state index in [4.69, 9.17) is 4.74 Å². The number of aromatic nitrogens is 2. The van der Waals surface area contributed by atoms with E-state index >= 15 is 0 Å². The second-order valence-electron chi connectivity index (χ2n) is 4.89. The fourth-order valence-electron chi connectivity index (χ4n) is 2.15. The van der Waals surface area contributed by atoms with Gasteiger partial charge >= 0.3 is 0 Å². The van der Waals surface area contributed by atoms with Gasteiger partial charge in [0.15, 0.2) is 0 Å². The molecule has 102 valence electrons. The molecule has 0 saturated carbocycles. The minimum Gasteiger partial charge on any atom is -0.371 e. The number of hydrogen-bond acceptors (Lipinski definition) is 5. The normalized spacial score (nSPS) is 18.7. The van der Waals surface area contributed by atoms with Crippen molar-refractivity contribution in [3.8, 4) is 0 Å². The third-order valence-electron chi connectivity index (χ3n) is 3.25. The van der Waals surface area contributed by atoms with Crippen LogP contribution >= 0.6 is 0 Å². The molecule has 1 fully saturated rings. The van der Waals surface area contributed by atoms with Crippen molar-refractivity contribution in [2.45, 2.75) is 6.10 Å². The molecule has 6 heteroatoms. The summed E-state index contributed by atoms with van der Waals surface area (Å²) < 4.78 is 5.73. The minimum absolute atomic E-state index is 0.147. The summed E-state index contributed by atoms with van der Waals surface area (Å²) in [6, 6.07) is 8.20. The van der Waals surface area contributed by atoms with Crippen molar-refractivity contribution in [1.29, 1.82) is 0 Å². The molecular formula is C14H17BN4O. The number of ether oxygens (including phenoxy) is 1. The zero-order valence-electron chi connectivity index (χ0n) is 11.5. The van der Waals surface area contributed by atoms with Crippen LogP contribution in [-0.4, -0.2) is 37.5 Å². The Kier molecular flexibility index (Phi) is 3.94. The summed E-state index contributed by atoms with van der Waals surface area (Å²) in [6.45, 7) is 2.57. The van der Waals surface area contributed by atoms with Gasteiger partial charge in [-0.05, 0) is 17.7 Å². The predicted octanol–water partition coefficient (Wildman–Crippen LogP) is 0.139. The van der Waals surface area contributed by atoms with Gasteiger partial charge < -0.3 is 15.4 Å². The number of benzene rings is 1. The van der Waals surface area contributed by atoms with Crippen LogP contribution in [0.4, 0.5) is 11.6 Å². The maximum Gasteiger partial charge on any atom is 0.227 e. The Balaban J connectivity index is 1.67. The summed E-state index contributed by atoms with van der Waals surface area (Å²) in [7, 11) is 1.97. The van der Waals surface area contributed by atoms with Crippen molar-refractivity contribution in [1.82, 2.24) is 15.3 Å². The van der Waals surface area contributed by atoms with E-state index in [1.165, 1.54) is 5.56 Å². The van der Waals surface area contributed by atoms with Gasteiger partial charge in [-0.2, -0.15) is 0 Å². The molecule has 1 aromatic carbocycles. The molecule has 2 N–H and O–H groups in total. The van der Waals surface area contributed by atoms with E-state index in [2.05, 4.69) is 32.7 Å². The molecule has 0 radical (unpaired) electrons. The highest BCUT2D eigenvalue weighted by Crippen LogP contribution is 2.21. The van der Waals surface area contributed by atoms with Gasteiger partial charge in [-0.15, -0.1) is 0 Å². The molecule has 5 nitrogen and oxygen atoms in total. The van der Waals surface area contributed by atoms with Crippen molar-refractivity contribution in [2.75, 3.05) is 25.0 Å². The fraction of sp³-hybridized carbons (Fsp3) is 0.286. The molecule has 1 saturated heterocycles. The predicted molar refractivity (Wildman–Crippen MR) is 81.5 cm³/mol. The van der Waals surface area contributed by atoms with Crippen LogP contribution < -0.4 is 16.1 Å². The van der Waals surface area contributed by atoms with Crippen LogP contribution in [0.25, 0.3) is 0 Å². The summed E-state index contributed by atoms with van der Waals surface area (Å²) in [4.78, 5) is 8.46. The molecule has 0 spiro atoms. The fourth-order valence-corrected chi connectivity index (χ4v) is 2.15. The lowest BCUT2D eigenvalue weighted by Crippen LogP contribution is -2.33. The van der Waals surface area contributed by atoms with Crippen molar-refractivity contribution in [2.24, 2.45) is 0 Å². The van der Waals surface area contributed by atoms with Gasteiger partial charge in [-0.3, -0.25) is 0 Å². The van der Waals surface area contributed by atoms with Crippen molar-refractivity contribution in [3.63, 3.8) is 0 Å². The minimum atomic E-state index is 0.147. The van der Waals surface area contributed by atoms with Crippen LogP contribution in [0.15, 0.2) is 36.7 Å². The van der Waals surface area contributed by atoms with Gasteiger partial charge in [-0.25, -0.2) is 9.97 Å². The molecule has 1 aliphatic heterocycles. The first-order chi connectivity index (χ1) is 9.81. The Bertz CT molecular complexity index is 552. The third kappa shape index (κ3) is 3.15. The summed E-state index contributed by atoms with van der Waals surface area (Å²) in [5, 5.41) is 6.52. The van der Waals surface area contributed by atoms with E-state index in [1.54, 1.807) is 12.4 Å². The molecular weight excluding hydrogens is 251 g/mol. The molecule has 2 heterocycles. The number of anilines is 2. The molecule has 0 amide bonds. The topological polar surface area (TPSA) is 59.1 Å². The van der Waals surface area contributed by atoms with Gasteiger partial charge in [0.1, 0.15) is 7.85 Å². The second-order valence-corrected chi connectivity index (χ2v) is 4.89. The molecule has 1 aromatic heterocycles.